The number of aromatic nitrogens is 5. The summed E-state index contributed by atoms with van der Waals surface area (Å²) in [6, 6.07) is 44.1. The first-order valence-electron chi connectivity index (χ1n) is 18.2. The van der Waals surface area contributed by atoms with Crippen LogP contribution in [0.15, 0.2) is 140 Å². The summed E-state index contributed by atoms with van der Waals surface area (Å²) in [7, 11) is 0. The lowest BCUT2D eigenvalue weighted by atomic mass is 9.99. The Morgan fingerprint density at radius 2 is 1.04 bits per heavy atom. The molecule has 0 spiro atoms. The smallest absolute Gasteiger partial charge is 0.239 e. The van der Waals surface area contributed by atoms with Gasteiger partial charge in [-0.25, -0.2) is 15.0 Å². The van der Waals surface area contributed by atoms with Gasteiger partial charge in [-0.2, -0.15) is 9.97 Å². The van der Waals surface area contributed by atoms with Crippen LogP contribution in [0.4, 0.5) is 34.5 Å². The van der Waals surface area contributed by atoms with Gasteiger partial charge in [0, 0.05) is 23.0 Å². The Balaban J connectivity index is 1.32. The molecule has 8 aromatic rings. The Hall–Kier alpha value is -6.73. The van der Waals surface area contributed by atoms with Gasteiger partial charge in [0.25, 0.3) is 0 Å². The molecular formula is C47H41N7. The second-order valence-corrected chi connectivity index (χ2v) is 13.9. The van der Waals surface area contributed by atoms with Crippen molar-refractivity contribution in [2.45, 2.75) is 41.5 Å². The summed E-state index contributed by atoms with van der Waals surface area (Å²) in [5.74, 6) is 2.24. The average Bonchev–Trinajstić information content (AvgIpc) is 3.17. The van der Waals surface area contributed by atoms with Crippen molar-refractivity contribution in [1.82, 2.24) is 24.9 Å². The maximum atomic E-state index is 5.18. The van der Waals surface area contributed by atoms with Crippen LogP contribution in [-0.4, -0.2) is 24.9 Å². The standard InChI is InChI=1S/C47H41N7/c1-30-25-32(3)43(33(4)26-30)54(44-34(5)27-31(2)28-35(44)6)39-21-19-38(20-22-39)53(42-23-24-48-29-49-42)47-51-45(37-14-8-7-9-15-37)50-46(52-47)41-18-12-16-36-13-10-11-17-40(36)41/h7-29H,1-6H3. The van der Waals surface area contributed by atoms with Crippen LogP contribution < -0.4 is 9.80 Å². The molecule has 0 aliphatic carbocycles. The van der Waals surface area contributed by atoms with Crippen LogP contribution in [-0.2, 0) is 0 Å². The van der Waals surface area contributed by atoms with E-state index in [1.165, 1.54) is 44.8 Å². The summed E-state index contributed by atoms with van der Waals surface area (Å²) in [4.78, 5) is 28.7. The summed E-state index contributed by atoms with van der Waals surface area (Å²) in [5, 5.41) is 2.18. The molecule has 0 N–H and O–H groups in total. The topological polar surface area (TPSA) is 70.9 Å². The van der Waals surface area contributed by atoms with E-state index in [-0.39, 0.29) is 0 Å². The highest BCUT2D eigenvalue weighted by atomic mass is 15.3. The second-order valence-electron chi connectivity index (χ2n) is 13.9. The lowest BCUT2D eigenvalue weighted by molar-refractivity contribution is 1.00. The predicted molar refractivity (Wildman–Crippen MR) is 222 cm³/mol. The number of fused-ring (bicyclic) bond motifs is 1. The van der Waals surface area contributed by atoms with Crippen molar-refractivity contribution in [2.24, 2.45) is 0 Å². The third-order valence-electron chi connectivity index (χ3n) is 9.77. The number of aryl methyl sites for hydroxylation is 6. The minimum absolute atomic E-state index is 0.450. The van der Waals surface area contributed by atoms with Crippen LogP contribution in [0.5, 0.6) is 0 Å². The molecule has 8 rings (SSSR count). The van der Waals surface area contributed by atoms with Gasteiger partial charge in [-0.15, -0.1) is 0 Å². The minimum atomic E-state index is 0.450. The molecule has 2 heterocycles. The summed E-state index contributed by atoms with van der Waals surface area (Å²) in [6.07, 6.45) is 3.29. The van der Waals surface area contributed by atoms with Gasteiger partial charge in [-0.1, -0.05) is 108 Å². The van der Waals surface area contributed by atoms with E-state index in [2.05, 4.69) is 124 Å². The van der Waals surface area contributed by atoms with Crippen LogP contribution in [0.1, 0.15) is 33.4 Å². The summed E-state index contributed by atoms with van der Waals surface area (Å²) >= 11 is 0. The van der Waals surface area contributed by atoms with Crippen molar-refractivity contribution in [1.29, 1.82) is 0 Å². The quantitative estimate of drug-likeness (QED) is 0.156. The van der Waals surface area contributed by atoms with Crippen molar-refractivity contribution < 1.29 is 0 Å². The second kappa shape index (κ2) is 14.4. The first-order chi connectivity index (χ1) is 26.2. The summed E-state index contributed by atoms with van der Waals surface area (Å²) < 4.78 is 0. The highest BCUT2D eigenvalue weighted by Gasteiger charge is 2.24. The van der Waals surface area contributed by atoms with E-state index in [1.54, 1.807) is 12.5 Å². The van der Waals surface area contributed by atoms with E-state index in [9.17, 15) is 0 Å². The molecule has 0 saturated carbocycles. The maximum absolute atomic E-state index is 5.18. The monoisotopic (exact) mass is 703 g/mol. The highest BCUT2D eigenvalue weighted by Crippen LogP contribution is 2.44. The Morgan fingerprint density at radius 1 is 0.481 bits per heavy atom. The Bertz CT molecular complexity index is 2510. The SMILES string of the molecule is Cc1cc(C)c(N(c2ccc(N(c3ccncn3)c3nc(-c4ccccc4)nc(-c4cccc5ccccc45)n3)cc2)c2c(C)cc(C)cc2C)c(C)c1. The van der Waals surface area contributed by atoms with Crippen molar-refractivity contribution in [3.05, 3.63) is 173 Å². The van der Waals surface area contributed by atoms with E-state index < -0.39 is 0 Å². The molecule has 264 valence electrons. The van der Waals surface area contributed by atoms with Gasteiger partial charge in [0.2, 0.25) is 5.95 Å². The van der Waals surface area contributed by atoms with Crippen LogP contribution in [0.25, 0.3) is 33.5 Å². The first-order valence-corrected chi connectivity index (χ1v) is 18.2. The first kappa shape index (κ1) is 34.4. The van der Waals surface area contributed by atoms with Crippen LogP contribution in [0.2, 0.25) is 0 Å². The molecule has 0 unspecified atom stereocenters. The van der Waals surface area contributed by atoms with E-state index in [0.717, 1.165) is 33.3 Å². The normalized spacial score (nSPS) is 11.1. The van der Waals surface area contributed by atoms with E-state index >= 15 is 0 Å². The lowest BCUT2D eigenvalue weighted by Crippen LogP contribution is -2.18. The molecule has 0 amide bonds. The number of anilines is 6. The molecule has 2 aromatic heterocycles. The van der Waals surface area contributed by atoms with Crippen LogP contribution in [0, 0.1) is 41.5 Å². The number of nitrogens with zero attached hydrogens (tertiary/aromatic N) is 7. The summed E-state index contributed by atoms with van der Waals surface area (Å²) in [5.41, 5.74) is 13.5. The van der Waals surface area contributed by atoms with E-state index in [1.807, 2.05) is 59.5 Å². The van der Waals surface area contributed by atoms with Crippen molar-refractivity contribution in [3.8, 4) is 22.8 Å². The molecule has 6 aromatic carbocycles. The van der Waals surface area contributed by atoms with Crippen LogP contribution >= 0.6 is 0 Å². The van der Waals surface area contributed by atoms with Gasteiger partial charge in [0.15, 0.2) is 11.6 Å². The highest BCUT2D eigenvalue weighted by molar-refractivity contribution is 5.95. The van der Waals surface area contributed by atoms with Crippen molar-refractivity contribution >= 4 is 45.3 Å². The third kappa shape index (κ3) is 6.56. The van der Waals surface area contributed by atoms with Gasteiger partial charge in [0.05, 0.1) is 17.1 Å². The zero-order valence-corrected chi connectivity index (χ0v) is 31.4. The molecule has 0 radical (unpaired) electrons. The fourth-order valence-corrected chi connectivity index (χ4v) is 7.66. The molecule has 0 bridgehead atoms. The largest absolute Gasteiger partial charge is 0.309 e. The maximum Gasteiger partial charge on any atom is 0.239 e. The average molecular weight is 704 g/mol. The molecule has 0 aliphatic rings. The molecule has 0 saturated heterocycles. The van der Waals surface area contributed by atoms with Crippen molar-refractivity contribution in [2.75, 3.05) is 9.80 Å². The zero-order valence-electron chi connectivity index (χ0n) is 31.4. The fraction of sp³-hybridized carbons (Fsp3) is 0.128. The number of rotatable bonds is 8. The molecule has 0 fully saturated rings. The van der Waals surface area contributed by atoms with Gasteiger partial charge in [-0.3, -0.25) is 4.90 Å². The minimum Gasteiger partial charge on any atom is -0.309 e. The third-order valence-corrected chi connectivity index (χ3v) is 9.77. The number of hydrogen-bond donors (Lipinski definition) is 0. The molecule has 7 nitrogen and oxygen atoms in total. The number of benzene rings is 6. The molecular weight excluding hydrogens is 663 g/mol. The Morgan fingerprint density at radius 3 is 1.65 bits per heavy atom. The molecule has 0 atom stereocenters. The van der Waals surface area contributed by atoms with E-state index in [0.29, 0.717) is 23.4 Å². The van der Waals surface area contributed by atoms with Gasteiger partial charge in [-0.05, 0) is 105 Å². The van der Waals surface area contributed by atoms with Crippen LogP contribution in [0.3, 0.4) is 0 Å². The Labute approximate surface area is 316 Å². The molecule has 0 aliphatic heterocycles. The predicted octanol–water partition coefficient (Wildman–Crippen LogP) is 11.9. The van der Waals surface area contributed by atoms with Gasteiger partial charge in [0.1, 0.15) is 12.1 Å². The molecule has 7 heteroatoms. The molecule has 54 heavy (non-hydrogen) atoms. The lowest BCUT2D eigenvalue weighted by Gasteiger charge is -2.32. The summed E-state index contributed by atoms with van der Waals surface area (Å²) in [6.45, 7) is 13.1. The fourth-order valence-electron chi connectivity index (χ4n) is 7.66. The van der Waals surface area contributed by atoms with E-state index in [4.69, 9.17) is 19.9 Å². The zero-order chi connectivity index (χ0) is 37.3. The van der Waals surface area contributed by atoms with Gasteiger partial charge < -0.3 is 4.90 Å². The Kier molecular flexibility index (Phi) is 9.14. The van der Waals surface area contributed by atoms with Gasteiger partial charge >= 0.3 is 0 Å². The number of hydrogen-bond acceptors (Lipinski definition) is 7. The van der Waals surface area contributed by atoms with Crippen molar-refractivity contribution in [3.63, 3.8) is 0 Å².